The molecule has 0 bridgehead atoms. The zero-order chi connectivity index (χ0) is 17.5. The predicted octanol–water partition coefficient (Wildman–Crippen LogP) is 4.47. The number of carbonyl (C=O) groups excluding carboxylic acids is 1. The second kappa shape index (κ2) is 8.74. The molecule has 0 aliphatic heterocycles. The number of hydrogen-bond donors (Lipinski definition) is 1. The molecule has 1 N–H and O–H groups in total. The number of carbonyl (C=O) groups is 1. The fourth-order valence-corrected chi connectivity index (χ4v) is 2.55. The normalized spacial score (nSPS) is 11.8. The van der Waals surface area contributed by atoms with Gasteiger partial charge in [0.1, 0.15) is 5.75 Å². The SMILES string of the molecule is CCC(Oc1cccc(C)c1C)C(=O)NCCc1ccc(Cl)cc1. The van der Waals surface area contributed by atoms with Crippen molar-refractivity contribution in [2.24, 2.45) is 0 Å². The van der Waals surface area contributed by atoms with Crippen LogP contribution in [0, 0.1) is 13.8 Å². The van der Waals surface area contributed by atoms with Crippen LogP contribution in [0.2, 0.25) is 5.02 Å². The summed E-state index contributed by atoms with van der Waals surface area (Å²) in [4.78, 5) is 12.4. The summed E-state index contributed by atoms with van der Waals surface area (Å²) >= 11 is 5.87. The Hall–Kier alpha value is -2.00. The average molecular weight is 346 g/mol. The first-order chi connectivity index (χ1) is 11.5. The van der Waals surface area contributed by atoms with Crippen molar-refractivity contribution in [3.63, 3.8) is 0 Å². The summed E-state index contributed by atoms with van der Waals surface area (Å²) in [5.74, 6) is 0.696. The number of amides is 1. The molecule has 0 aliphatic rings. The fraction of sp³-hybridized carbons (Fsp3) is 0.350. The molecule has 2 aromatic carbocycles. The summed E-state index contributed by atoms with van der Waals surface area (Å²) in [5, 5.41) is 3.67. The van der Waals surface area contributed by atoms with Gasteiger partial charge in [-0.15, -0.1) is 0 Å². The van der Waals surface area contributed by atoms with E-state index in [4.69, 9.17) is 16.3 Å². The van der Waals surface area contributed by atoms with Gasteiger partial charge < -0.3 is 10.1 Å². The van der Waals surface area contributed by atoms with E-state index in [1.807, 2.05) is 63.2 Å². The molecule has 0 spiro atoms. The third-order valence-electron chi connectivity index (χ3n) is 4.11. The number of nitrogens with one attached hydrogen (secondary N) is 1. The third-order valence-corrected chi connectivity index (χ3v) is 4.37. The molecule has 2 aromatic rings. The molecule has 1 unspecified atom stereocenters. The van der Waals surface area contributed by atoms with E-state index in [0.717, 1.165) is 33.9 Å². The molecule has 0 saturated heterocycles. The Morgan fingerprint density at radius 1 is 1.17 bits per heavy atom. The number of ether oxygens (including phenoxy) is 1. The summed E-state index contributed by atoms with van der Waals surface area (Å²) in [6.45, 7) is 6.58. The third kappa shape index (κ3) is 5.00. The van der Waals surface area contributed by atoms with Crippen LogP contribution < -0.4 is 10.1 Å². The first kappa shape index (κ1) is 18.3. The first-order valence-electron chi connectivity index (χ1n) is 8.26. The van der Waals surface area contributed by atoms with Gasteiger partial charge in [0.2, 0.25) is 0 Å². The van der Waals surface area contributed by atoms with Crippen molar-refractivity contribution in [1.82, 2.24) is 5.32 Å². The van der Waals surface area contributed by atoms with Crippen molar-refractivity contribution in [2.45, 2.75) is 39.7 Å². The highest BCUT2D eigenvalue weighted by Crippen LogP contribution is 2.22. The standard InChI is InChI=1S/C20H24ClNO2/c1-4-18(24-19-7-5-6-14(2)15(19)3)20(23)22-13-12-16-8-10-17(21)11-9-16/h5-11,18H,4,12-13H2,1-3H3,(H,22,23). The van der Waals surface area contributed by atoms with E-state index in [-0.39, 0.29) is 5.91 Å². The number of aryl methyl sites for hydroxylation is 1. The topological polar surface area (TPSA) is 38.3 Å². The van der Waals surface area contributed by atoms with Crippen LogP contribution in [0.5, 0.6) is 5.75 Å². The van der Waals surface area contributed by atoms with Crippen LogP contribution in [0.4, 0.5) is 0 Å². The second-order valence-electron chi connectivity index (χ2n) is 5.88. The van der Waals surface area contributed by atoms with Crippen molar-refractivity contribution >= 4 is 17.5 Å². The number of rotatable bonds is 7. The van der Waals surface area contributed by atoms with E-state index in [9.17, 15) is 4.79 Å². The molecule has 1 amide bonds. The molecule has 4 heteroatoms. The lowest BCUT2D eigenvalue weighted by Crippen LogP contribution is -2.39. The van der Waals surface area contributed by atoms with Gasteiger partial charge in [-0.25, -0.2) is 0 Å². The highest BCUT2D eigenvalue weighted by Gasteiger charge is 2.18. The van der Waals surface area contributed by atoms with Crippen LogP contribution in [0.25, 0.3) is 0 Å². The minimum absolute atomic E-state index is 0.0765. The molecule has 0 aromatic heterocycles. The number of halogens is 1. The quantitative estimate of drug-likeness (QED) is 0.803. The predicted molar refractivity (Wildman–Crippen MR) is 98.8 cm³/mol. The lowest BCUT2D eigenvalue weighted by molar-refractivity contribution is -0.128. The monoisotopic (exact) mass is 345 g/mol. The molecular weight excluding hydrogens is 322 g/mol. The van der Waals surface area contributed by atoms with Gasteiger partial charge in [-0.05, 0) is 61.6 Å². The summed E-state index contributed by atoms with van der Waals surface area (Å²) in [7, 11) is 0. The van der Waals surface area contributed by atoms with E-state index >= 15 is 0 Å². The van der Waals surface area contributed by atoms with Crippen molar-refractivity contribution in [3.8, 4) is 5.75 Å². The zero-order valence-electron chi connectivity index (χ0n) is 14.4. The fourth-order valence-electron chi connectivity index (χ4n) is 2.42. The van der Waals surface area contributed by atoms with Gasteiger partial charge in [-0.1, -0.05) is 42.8 Å². The molecule has 0 saturated carbocycles. The van der Waals surface area contributed by atoms with Crippen LogP contribution in [-0.4, -0.2) is 18.6 Å². The lowest BCUT2D eigenvalue weighted by atomic mass is 10.1. The lowest BCUT2D eigenvalue weighted by Gasteiger charge is -2.19. The zero-order valence-corrected chi connectivity index (χ0v) is 15.2. The summed E-state index contributed by atoms with van der Waals surface area (Å²) < 4.78 is 5.93. The van der Waals surface area contributed by atoms with Crippen LogP contribution in [0.1, 0.15) is 30.0 Å². The molecule has 0 aliphatic carbocycles. The van der Waals surface area contributed by atoms with E-state index in [2.05, 4.69) is 5.32 Å². The number of benzene rings is 2. The second-order valence-corrected chi connectivity index (χ2v) is 6.32. The Morgan fingerprint density at radius 2 is 1.88 bits per heavy atom. The van der Waals surface area contributed by atoms with Crippen LogP contribution in [0.15, 0.2) is 42.5 Å². The van der Waals surface area contributed by atoms with Gasteiger partial charge in [0, 0.05) is 11.6 Å². The minimum Gasteiger partial charge on any atom is -0.480 e. The van der Waals surface area contributed by atoms with Crippen molar-refractivity contribution in [1.29, 1.82) is 0 Å². The van der Waals surface area contributed by atoms with Crippen molar-refractivity contribution in [2.75, 3.05) is 6.54 Å². The summed E-state index contributed by atoms with van der Waals surface area (Å²) in [5.41, 5.74) is 3.37. The van der Waals surface area contributed by atoms with Crippen LogP contribution >= 0.6 is 11.6 Å². The van der Waals surface area contributed by atoms with E-state index in [0.29, 0.717) is 13.0 Å². The maximum atomic E-state index is 12.4. The molecule has 0 radical (unpaired) electrons. The Balaban J connectivity index is 1.89. The minimum atomic E-state index is -0.476. The number of hydrogen-bond acceptors (Lipinski definition) is 2. The largest absolute Gasteiger partial charge is 0.480 e. The highest BCUT2D eigenvalue weighted by molar-refractivity contribution is 6.30. The van der Waals surface area contributed by atoms with Crippen molar-refractivity contribution < 1.29 is 9.53 Å². The van der Waals surface area contributed by atoms with Crippen LogP contribution in [-0.2, 0) is 11.2 Å². The molecule has 128 valence electrons. The Labute approximate surface area is 149 Å². The van der Waals surface area contributed by atoms with Gasteiger partial charge in [-0.3, -0.25) is 4.79 Å². The van der Waals surface area contributed by atoms with E-state index in [1.54, 1.807) is 0 Å². The van der Waals surface area contributed by atoms with Gasteiger partial charge in [0.15, 0.2) is 6.10 Å². The summed E-state index contributed by atoms with van der Waals surface area (Å²) in [6.07, 6.45) is 0.916. The molecule has 3 nitrogen and oxygen atoms in total. The first-order valence-corrected chi connectivity index (χ1v) is 8.64. The molecule has 2 rings (SSSR count). The summed E-state index contributed by atoms with van der Waals surface area (Å²) in [6, 6.07) is 13.6. The van der Waals surface area contributed by atoms with Gasteiger partial charge in [0.25, 0.3) is 5.91 Å². The van der Waals surface area contributed by atoms with Gasteiger partial charge in [-0.2, -0.15) is 0 Å². The van der Waals surface area contributed by atoms with Crippen molar-refractivity contribution in [3.05, 3.63) is 64.2 Å². The Morgan fingerprint density at radius 3 is 2.54 bits per heavy atom. The molecule has 1 atom stereocenters. The Bertz CT molecular complexity index is 683. The van der Waals surface area contributed by atoms with Gasteiger partial charge >= 0.3 is 0 Å². The van der Waals surface area contributed by atoms with Gasteiger partial charge in [0.05, 0.1) is 0 Å². The molecule has 0 heterocycles. The molecular formula is C20H24ClNO2. The molecule has 24 heavy (non-hydrogen) atoms. The Kier molecular flexibility index (Phi) is 6.68. The van der Waals surface area contributed by atoms with E-state index < -0.39 is 6.10 Å². The molecule has 0 fully saturated rings. The maximum Gasteiger partial charge on any atom is 0.261 e. The highest BCUT2D eigenvalue weighted by atomic mass is 35.5. The van der Waals surface area contributed by atoms with Crippen LogP contribution in [0.3, 0.4) is 0 Å². The maximum absolute atomic E-state index is 12.4. The van der Waals surface area contributed by atoms with E-state index in [1.165, 1.54) is 0 Å². The smallest absolute Gasteiger partial charge is 0.261 e. The average Bonchev–Trinajstić information content (AvgIpc) is 2.58.